The number of thioether (sulfide) groups is 1. The molecule has 28 heavy (non-hydrogen) atoms. The summed E-state index contributed by atoms with van der Waals surface area (Å²) in [5.74, 6) is 0.171. The number of rotatable bonds is 11. The molecule has 0 aliphatic rings. The molecule has 0 aliphatic heterocycles. The molecule has 2 aromatic rings. The number of hydrogen-bond acceptors (Lipinski definition) is 6. The quantitative estimate of drug-likeness (QED) is 0.290. The maximum atomic E-state index is 12.9. The normalized spacial score (nSPS) is 14.9. The minimum absolute atomic E-state index is 0.133. The van der Waals surface area contributed by atoms with Crippen LogP contribution in [0.25, 0.3) is 10.9 Å². The third-order valence-electron chi connectivity index (χ3n) is 4.74. The molecule has 0 fully saturated rings. The number of pyridine rings is 1. The molecule has 1 heterocycles. The van der Waals surface area contributed by atoms with Crippen molar-refractivity contribution < 1.29 is 18.8 Å². The third kappa shape index (κ3) is 5.31. The van der Waals surface area contributed by atoms with Crippen LogP contribution in [0.1, 0.15) is 27.7 Å². The molecule has 0 bridgehead atoms. The number of esters is 1. The summed E-state index contributed by atoms with van der Waals surface area (Å²) in [5, 5.41) is 1.98. The molecule has 1 aromatic heterocycles. The van der Waals surface area contributed by atoms with Gasteiger partial charge in [-0.05, 0) is 31.9 Å². The fraction of sp³-hybridized carbons (Fsp3) is 0.524. The Hall–Kier alpha value is -1.49. The van der Waals surface area contributed by atoms with Gasteiger partial charge < -0.3 is 9.47 Å². The predicted molar refractivity (Wildman–Crippen MR) is 116 cm³/mol. The van der Waals surface area contributed by atoms with E-state index in [2.05, 4.69) is 19.9 Å². The molecule has 7 heteroatoms. The number of hydrogen-bond donors (Lipinski definition) is 0. The summed E-state index contributed by atoms with van der Waals surface area (Å²) in [7, 11) is -0.641. The molecule has 3 unspecified atom stereocenters. The molecule has 5 nitrogen and oxygen atoms in total. The van der Waals surface area contributed by atoms with Gasteiger partial charge in [0.2, 0.25) is 5.60 Å². The molecular weight excluding hydrogens is 393 g/mol. The van der Waals surface area contributed by atoms with Crippen LogP contribution in [0, 0.1) is 11.8 Å². The van der Waals surface area contributed by atoms with Crippen LogP contribution in [0.4, 0.5) is 0 Å². The molecule has 0 spiro atoms. The van der Waals surface area contributed by atoms with E-state index in [0.29, 0.717) is 12.4 Å². The number of carbonyl (C=O) groups is 1. The van der Waals surface area contributed by atoms with Crippen LogP contribution in [-0.4, -0.2) is 41.7 Å². The van der Waals surface area contributed by atoms with Gasteiger partial charge >= 0.3 is 14.4 Å². The van der Waals surface area contributed by atoms with Crippen molar-refractivity contribution in [2.45, 2.75) is 38.3 Å². The fourth-order valence-corrected chi connectivity index (χ4v) is 5.41. The molecular formula is C21H29NO4PS+. The summed E-state index contributed by atoms with van der Waals surface area (Å²) < 4.78 is 22.9. The van der Waals surface area contributed by atoms with E-state index in [0.717, 1.165) is 15.9 Å². The minimum atomic E-state index is -1.21. The lowest BCUT2D eigenvalue weighted by molar-refractivity contribution is -0.177. The molecule has 0 saturated carbocycles. The Kier molecular flexibility index (Phi) is 8.87. The maximum Gasteiger partial charge on any atom is 0.343 e. The first-order chi connectivity index (χ1) is 13.5. The van der Waals surface area contributed by atoms with Crippen molar-refractivity contribution in [3.05, 3.63) is 36.4 Å². The second kappa shape index (κ2) is 10.9. The summed E-state index contributed by atoms with van der Waals surface area (Å²) >= 11 is 1.59. The number of carbonyl (C=O) groups excluding carboxylic acids is 1. The SMILES string of the molecule is CCOC(=O)C(C[PH+]=O)(OCC)C(CSc1ccc2ccccc2n1)C(C)C. The van der Waals surface area contributed by atoms with Crippen molar-refractivity contribution in [2.24, 2.45) is 11.8 Å². The summed E-state index contributed by atoms with van der Waals surface area (Å²) in [4.78, 5) is 17.6. The van der Waals surface area contributed by atoms with E-state index >= 15 is 0 Å². The van der Waals surface area contributed by atoms with Crippen molar-refractivity contribution in [2.75, 3.05) is 25.1 Å². The highest BCUT2D eigenvalue weighted by Crippen LogP contribution is 2.37. The Balaban J connectivity index is 2.30. The summed E-state index contributed by atoms with van der Waals surface area (Å²) in [6.07, 6.45) is 0.133. The van der Waals surface area contributed by atoms with Crippen LogP contribution in [0.2, 0.25) is 0 Å². The summed E-state index contributed by atoms with van der Waals surface area (Å²) in [6, 6.07) is 12.0. The first kappa shape index (κ1) is 22.8. The van der Waals surface area contributed by atoms with Gasteiger partial charge in [-0.2, -0.15) is 0 Å². The first-order valence-corrected chi connectivity index (χ1v) is 11.7. The van der Waals surface area contributed by atoms with Gasteiger partial charge in [0.05, 0.1) is 17.1 Å². The first-order valence-electron chi connectivity index (χ1n) is 9.63. The van der Waals surface area contributed by atoms with E-state index in [1.807, 2.05) is 37.3 Å². The molecule has 1 aromatic carbocycles. The van der Waals surface area contributed by atoms with E-state index in [1.54, 1.807) is 18.7 Å². The van der Waals surface area contributed by atoms with Crippen molar-refractivity contribution in [1.29, 1.82) is 0 Å². The van der Waals surface area contributed by atoms with Gasteiger partial charge in [-0.1, -0.05) is 42.7 Å². The van der Waals surface area contributed by atoms with E-state index in [4.69, 9.17) is 14.5 Å². The van der Waals surface area contributed by atoms with Gasteiger partial charge in [-0.3, -0.25) is 0 Å². The number of fused-ring (bicyclic) bond motifs is 1. The lowest BCUT2D eigenvalue weighted by Gasteiger charge is -2.37. The highest BCUT2D eigenvalue weighted by molar-refractivity contribution is 7.99. The van der Waals surface area contributed by atoms with Crippen LogP contribution >= 0.6 is 20.2 Å². The Morgan fingerprint density at radius 1 is 1.18 bits per heavy atom. The van der Waals surface area contributed by atoms with Crippen LogP contribution in [0.5, 0.6) is 0 Å². The molecule has 0 N–H and O–H groups in total. The minimum Gasteiger partial charge on any atom is -0.464 e. The molecule has 0 amide bonds. The zero-order valence-corrected chi connectivity index (χ0v) is 18.8. The van der Waals surface area contributed by atoms with Crippen molar-refractivity contribution in [3.8, 4) is 0 Å². The Bertz CT molecular complexity index is 801. The van der Waals surface area contributed by atoms with Crippen LogP contribution in [-0.2, 0) is 18.8 Å². The number of para-hydroxylation sites is 1. The van der Waals surface area contributed by atoms with E-state index in [9.17, 15) is 9.36 Å². The van der Waals surface area contributed by atoms with Crippen molar-refractivity contribution in [1.82, 2.24) is 4.98 Å². The average molecular weight is 423 g/mol. The van der Waals surface area contributed by atoms with Gasteiger partial charge in [0, 0.05) is 23.7 Å². The van der Waals surface area contributed by atoms with Gasteiger partial charge in [-0.15, -0.1) is 11.8 Å². The van der Waals surface area contributed by atoms with E-state index < -0.39 is 20.0 Å². The monoisotopic (exact) mass is 422 g/mol. The molecule has 0 aliphatic carbocycles. The Morgan fingerprint density at radius 3 is 2.57 bits per heavy atom. The van der Waals surface area contributed by atoms with Gasteiger partial charge in [-0.25, -0.2) is 9.78 Å². The Morgan fingerprint density at radius 2 is 1.93 bits per heavy atom. The molecule has 2 rings (SSSR count). The molecule has 152 valence electrons. The lowest BCUT2D eigenvalue weighted by Crippen LogP contribution is -2.54. The van der Waals surface area contributed by atoms with Crippen LogP contribution in [0.15, 0.2) is 41.4 Å². The van der Waals surface area contributed by atoms with Gasteiger partial charge in [0.1, 0.15) is 0 Å². The van der Waals surface area contributed by atoms with Crippen LogP contribution < -0.4 is 0 Å². The lowest BCUT2D eigenvalue weighted by atomic mass is 9.81. The van der Waals surface area contributed by atoms with Crippen molar-refractivity contribution >= 4 is 37.1 Å². The largest absolute Gasteiger partial charge is 0.464 e. The van der Waals surface area contributed by atoms with Crippen LogP contribution in [0.3, 0.4) is 0 Å². The Labute approximate surface area is 172 Å². The topological polar surface area (TPSA) is 65.5 Å². The summed E-state index contributed by atoms with van der Waals surface area (Å²) in [6.45, 7) is 8.34. The van der Waals surface area contributed by atoms with Crippen molar-refractivity contribution in [3.63, 3.8) is 0 Å². The summed E-state index contributed by atoms with van der Waals surface area (Å²) in [5.41, 5.74) is -0.265. The average Bonchev–Trinajstić information content (AvgIpc) is 2.68. The predicted octanol–water partition coefficient (Wildman–Crippen LogP) is 4.96. The number of nitrogens with zero attached hydrogens (tertiary/aromatic N) is 1. The second-order valence-corrected chi connectivity index (χ2v) is 8.55. The highest BCUT2D eigenvalue weighted by Gasteiger charge is 2.52. The molecule has 0 radical (unpaired) electrons. The highest BCUT2D eigenvalue weighted by atomic mass is 32.2. The number of ether oxygens (including phenoxy) is 2. The molecule has 3 atom stereocenters. The smallest absolute Gasteiger partial charge is 0.343 e. The van der Waals surface area contributed by atoms with Gasteiger partial charge in [0.25, 0.3) is 0 Å². The molecule has 0 saturated heterocycles. The third-order valence-corrected chi connectivity index (χ3v) is 6.46. The second-order valence-electron chi connectivity index (χ2n) is 6.87. The van der Waals surface area contributed by atoms with E-state index in [-0.39, 0.29) is 24.6 Å². The van der Waals surface area contributed by atoms with E-state index in [1.165, 1.54) is 0 Å². The zero-order chi connectivity index (χ0) is 20.6. The zero-order valence-electron chi connectivity index (χ0n) is 16.9. The van der Waals surface area contributed by atoms with Gasteiger partial charge in [0.15, 0.2) is 6.16 Å². The fourth-order valence-electron chi connectivity index (χ4n) is 3.36. The standard InChI is InChI=1S/C21H28NO4PS/c1-5-25-20(23)21(14-27-24,26-6-2)17(15(3)4)13-28-19-12-11-16-9-7-8-10-18(16)22-19/h7-12,15,17H,5-6,13-14H2,1-4H3/p+1. The maximum absolute atomic E-state index is 12.9. The number of aromatic nitrogens is 1. The number of benzene rings is 1.